The van der Waals surface area contributed by atoms with E-state index >= 15 is 0 Å². The van der Waals surface area contributed by atoms with Gasteiger partial charge in [-0.2, -0.15) is 0 Å². The van der Waals surface area contributed by atoms with Crippen LogP contribution in [-0.2, 0) is 6.61 Å². The summed E-state index contributed by atoms with van der Waals surface area (Å²) in [6.45, 7) is 4.17. The minimum absolute atomic E-state index is 0.0231. The van der Waals surface area contributed by atoms with Crippen LogP contribution >= 0.6 is 0 Å². The Bertz CT molecular complexity index is 582. The normalized spacial score (nSPS) is 10.2. The van der Waals surface area contributed by atoms with Gasteiger partial charge < -0.3 is 14.8 Å². The first kappa shape index (κ1) is 14.9. The van der Waals surface area contributed by atoms with Gasteiger partial charge in [0.15, 0.2) is 11.5 Å². The third-order valence-corrected chi connectivity index (χ3v) is 2.70. The quantitative estimate of drug-likeness (QED) is 0.909. The maximum atomic E-state index is 11.7. The van der Waals surface area contributed by atoms with Crippen molar-refractivity contribution in [2.24, 2.45) is 0 Å². The van der Waals surface area contributed by atoms with E-state index in [1.165, 1.54) is 0 Å². The molecule has 0 fully saturated rings. The van der Waals surface area contributed by atoms with Gasteiger partial charge in [-0.15, -0.1) is 0 Å². The number of amides is 1. The number of hydrogen-bond acceptors (Lipinski definition) is 3. The van der Waals surface area contributed by atoms with Crippen molar-refractivity contribution in [3.05, 3.63) is 60.2 Å². The number of carbonyl (C=O) groups is 1. The molecule has 0 bridgehead atoms. The second kappa shape index (κ2) is 7.33. The lowest BCUT2D eigenvalue weighted by Crippen LogP contribution is -2.32. The molecule has 0 aromatic heterocycles. The van der Waals surface area contributed by atoms with E-state index in [0.29, 0.717) is 18.1 Å². The molecule has 1 N–H and O–H groups in total. The van der Waals surface area contributed by atoms with Crippen LogP contribution in [0.4, 0.5) is 4.79 Å². The topological polar surface area (TPSA) is 47.6 Å². The van der Waals surface area contributed by atoms with Crippen LogP contribution in [0.5, 0.6) is 11.5 Å². The molecule has 21 heavy (non-hydrogen) atoms. The fourth-order valence-electron chi connectivity index (χ4n) is 1.75. The smallest absolute Gasteiger partial charge is 0.412 e. The number of ether oxygens (including phenoxy) is 2. The third-order valence-electron chi connectivity index (χ3n) is 2.70. The predicted octanol–water partition coefficient (Wildman–Crippen LogP) is 3.76. The van der Waals surface area contributed by atoms with Crippen molar-refractivity contribution >= 4 is 6.09 Å². The van der Waals surface area contributed by atoms with Gasteiger partial charge in [0.05, 0.1) is 0 Å². The largest absolute Gasteiger partial charge is 0.485 e. The van der Waals surface area contributed by atoms with Crippen molar-refractivity contribution in [3.8, 4) is 11.5 Å². The molecule has 4 nitrogen and oxygen atoms in total. The van der Waals surface area contributed by atoms with Gasteiger partial charge in [0.25, 0.3) is 0 Å². The zero-order valence-corrected chi connectivity index (χ0v) is 12.2. The second-order valence-electron chi connectivity index (χ2n) is 4.91. The molecule has 0 radical (unpaired) electrons. The summed E-state index contributed by atoms with van der Waals surface area (Å²) in [6.07, 6.45) is -0.485. The van der Waals surface area contributed by atoms with Crippen molar-refractivity contribution in [2.45, 2.75) is 26.5 Å². The summed E-state index contributed by atoms with van der Waals surface area (Å²) in [7, 11) is 0. The van der Waals surface area contributed by atoms with Crippen LogP contribution in [0, 0.1) is 0 Å². The van der Waals surface area contributed by atoms with E-state index in [2.05, 4.69) is 5.32 Å². The van der Waals surface area contributed by atoms with Gasteiger partial charge in [-0.05, 0) is 31.5 Å². The predicted molar refractivity (Wildman–Crippen MR) is 81.5 cm³/mol. The number of para-hydroxylation sites is 2. The molecule has 0 heterocycles. The lowest BCUT2D eigenvalue weighted by atomic mass is 10.2. The lowest BCUT2D eigenvalue weighted by Gasteiger charge is -2.13. The standard InChI is InChI=1S/C17H19NO3/c1-13(2)18-17(19)21-16-11-7-6-10-15(16)20-12-14-8-4-3-5-9-14/h3-11,13H,12H2,1-2H3,(H,18,19). The fourth-order valence-corrected chi connectivity index (χ4v) is 1.75. The van der Waals surface area contributed by atoms with Crippen molar-refractivity contribution < 1.29 is 14.3 Å². The van der Waals surface area contributed by atoms with Crippen molar-refractivity contribution in [2.75, 3.05) is 0 Å². The van der Waals surface area contributed by atoms with Crippen LogP contribution in [0.2, 0.25) is 0 Å². The highest BCUT2D eigenvalue weighted by Crippen LogP contribution is 2.27. The number of hydrogen-bond donors (Lipinski definition) is 1. The van der Waals surface area contributed by atoms with E-state index in [1.54, 1.807) is 18.2 Å². The molecule has 4 heteroatoms. The molecule has 2 aromatic carbocycles. The summed E-state index contributed by atoms with van der Waals surface area (Å²) < 4.78 is 11.0. The van der Waals surface area contributed by atoms with E-state index in [4.69, 9.17) is 9.47 Å². The van der Waals surface area contributed by atoms with Gasteiger partial charge >= 0.3 is 6.09 Å². The number of benzene rings is 2. The van der Waals surface area contributed by atoms with Crippen LogP contribution in [0.3, 0.4) is 0 Å². The molecule has 2 aromatic rings. The SMILES string of the molecule is CC(C)NC(=O)Oc1ccccc1OCc1ccccc1. The number of rotatable bonds is 5. The Hall–Kier alpha value is -2.49. The van der Waals surface area contributed by atoms with Crippen LogP contribution < -0.4 is 14.8 Å². The van der Waals surface area contributed by atoms with Gasteiger partial charge in [-0.25, -0.2) is 4.79 Å². The molecule has 110 valence electrons. The first-order valence-electron chi connectivity index (χ1n) is 6.89. The highest BCUT2D eigenvalue weighted by Gasteiger charge is 2.10. The molecule has 0 aliphatic heterocycles. The Kier molecular flexibility index (Phi) is 5.21. The highest BCUT2D eigenvalue weighted by molar-refractivity contribution is 5.71. The molecule has 0 spiro atoms. The zero-order chi connectivity index (χ0) is 15.1. The molecule has 0 unspecified atom stereocenters. The van der Waals surface area contributed by atoms with E-state index in [1.807, 2.05) is 50.2 Å². The lowest BCUT2D eigenvalue weighted by molar-refractivity contribution is 0.194. The summed E-state index contributed by atoms with van der Waals surface area (Å²) in [5.41, 5.74) is 1.05. The van der Waals surface area contributed by atoms with Gasteiger partial charge in [0.1, 0.15) is 6.61 Å². The number of nitrogens with one attached hydrogen (secondary N) is 1. The average Bonchev–Trinajstić information content (AvgIpc) is 2.46. The molecule has 0 saturated heterocycles. The number of carbonyl (C=O) groups excluding carboxylic acids is 1. The minimum Gasteiger partial charge on any atom is -0.485 e. The first-order chi connectivity index (χ1) is 10.1. The Balaban J connectivity index is 2.01. The Morgan fingerprint density at radius 2 is 1.62 bits per heavy atom. The monoisotopic (exact) mass is 285 g/mol. The highest BCUT2D eigenvalue weighted by atomic mass is 16.6. The molecule has 2 rings (SSSR count). The summed E-state index contributed by atoms with van der Waals surface area (Å²) in [5.74, 6) is 0.951. The van der Waals surface area contributed by atoms with Crippen molar-refractivity contribution in [1.29, 1.82) is 0 Å². The van der Waals surface area contributed by atoms with Crippen LogP contribution in [-0.4, -0.2) is 12.1 Å². The van der Waals surface area contributed by atoms with Gasteiger partial charge in [0.2, 0.25) is 0 Å². The molecule has 1 amide bonds. The van der Waals surface area contributed by atoms with Crippen LogP contribution in [0.15, 0.2) is 54.6 Å². The van der Waals surface area contributed by atoms with Crippen LogP contribution in [0.1, 0.15) is 19.4 Å². The second-order valence-corrected chi connectivity index (χ2v) is 4.91. The molecular formula is C17H19NO3. The maximum Gasteiger partial charge on any atom is 0.412 e. The van der Waals surface area contributed by atoms with E-state index in [9.17, 15) is 4.79 Å². The van der Waals surface area contributed by atoms with Crippen LogP contribution in [0.25, 0.3) is 0 Å². The molecule has 0 atom stereocenters. The summed E-state index contributed by atoms with van der Waals surface area (Å²) in [4.78, 5) is 11.7. The first-order valence-corrected chi connectivity index (χ1v) is 6.89. The summed E-state index contributed by atoms with van der Waals surface area (Å²) in [6, 6.07) is 17.0. The molecular weight excluding hydrogens is 266 g/mol. The molecule has 0 aliphatic carbocycles. The maximum absolute atomic E-state index is 11.7. The van der Waals surface area contributed by atoms with E-state index in [0.717, 1.165) is 5.56 Å². The third kappa shape index (κ3) is 4.84. The van der Waals surface area contributed by atoms with Gasteiger partial charge in [-0.3, -0.25) is 0 Å². The summed E-state index contributed by atoms with van der Waals surface area (Å²) in [5, 5.41) is 2.68. The molecule has 0 aliphatic rings. The average molecular weight is 285 g/mol. The van der Waals surface area contributed by atoms with Gasteiger partial charge in [0, 0.05) is 6.04 Å². The van der Waals surface area contributed by atoms with Crippen molar-refractivity contribution in [3.63, 3.8) is 0 Å². The zero-order valence-electron chi connectivity index (χ0n) is 12.2. The summed E-state index contributed by atoms with van der Waals surface area (Å²) >= 11 is 0. The fraction of sp³-hybridized carbons (Fsp3) is 0.235. The van der Waals surface area contributed by atoms with Crippen molar-refractivity contribution in [1.82, 2.24) is 5.32 Å². The Morgan fingerprint density at radius 1 is 1.00 bits per heavy atom. The van der Waals surface area contributed by atoms with E-state index < -0.39 is 6.09 Å². The van der Waals surface area contributed by atoms with Gasteiger partial charge in [-0.1, -0.05) is 42.5 Å². The molecule has 0 saturated carbocycles. The Labute approximate surface area is 124 Å². The minimum atomic E-state index is -0.485. The van der Waals surface area contributed by atoms with E-state index in [-0.39, 0.29) is 6.04 Å². The Morgan fingerprint density at radius 3 is 2.29 bits per heavy atom.